The summed E-state index contributed by atoms with van der Waals surface area (Å²) in [7, 11) is 0. The number of fused-ring (bicyclic) bond motifs is 3. The average molecular weight is 507 g/mol. The molecule has 0 saturated carbocycles. The standard InChI is InChI=1S/C22H23ClN4O4S2/c1-2-31-19(28)12-32-11-18-25-21(20-14-5-3-4-6-17(14)33-22(20)26-18)24-10-13-7-8-16(27(29)30)15(23)9-13/h7-9H,2-6,10-12H2,1H3,(H,24,25,26). The number of nitro groups is 1. The summed E-state index contributed by atoms with van der Waals surface area (Å²) in [6.07, 6.45) is 4.39. The number of anilines is 1. The summed E-state index contributed by atoms with van der Waals surface area (Å²) in [5.41, 5.74) is 2.02. The van der Waals surface area contributed by atoms with Gasteiger partial charge in [-0.1, -0.05) is 17.7 Å². The molecule has 0 radical (unpaired) electrons. The van der Waals surface area contributed by atoms with Gasteiger partial charge in [0.25, 0.3) is 5.69 Å². The Bertz CT molecular complexity index is 1200. The number of nitrogens with zero attached hydrogens (tertiary/aromatic N) is 3. The highest BCUT2D eigenvalue weighted by Gasteiger charge is 2.21. The normalized spacial score (nSPS) is 13.0. The molecular weight excluding hydrogens is 484 g/mol. The number of benzene rings is 1. The predicted octanol–water partition coefficient (Wildman–Crippen LogP) is 5.54. The Kier molecular flexibility index (Phi) is 7.67. The molecular formula is C22H23ClN4O4S2. The maximum Gasteiger partial charge on any atom is 0.315 e. The number of carbonyl (C=O) groups is 1. The molecule has 33 heavy (non-hydrogen) atoms. The van der Waals surface area contributed by atoms with E-state index < -0.39 is 4.92 Å². The van der Waals surface area contributed by atoms with Gasteiger partial charge in [-0.3, -0.25) is 14.9 Å². The van der Waals surface area contributed by atoms with Gasteiger partial charge in [0.15, 0.2) is 0 Å². The van der Waals surface area contributed by atoms with E-state index in [0.29, 0.717) is 24.7 Å². The van der Waals surface area contributed by atoms with Crippen LogP contribution in [0.25, 0.3) is 10.2 Å². The zero-order chi connectivity index (χ0) is 23.4. The van der Waals surface area contributed by atoms with Gasteiger partial charge in [0.05, 0.1) is 28.4 Å². The quantitative estimate of drug-likeness (QED) is 0.229. The van der Waals surface area contributed by atoms with E-state index in [1.165, 1.54) is 34.7 Å². The molecule has 8 nitrogen and oxygen atoms in total. The topological polar surface area (TPSA) is 107 Å². The van der Waals surface area contributed by atoms with Crippen LogP contribution in [-0.2, 0) is 34.7 Å². The Morgan fingerprint density at radius 3 is 2.91 bits per heavy atom. The first-order chi connectivity index (χ1) is 16.0. The highest BCUT2D eigenvalue weighted by atomic mass is 35.5. The molecule has 1 aliphatic rings. The number of aromatic nitrogens is 2. The number of rotatable bonds is 9. The molecule has 0 fully saturated rings. The number of halogens is 1. The number of nitro benzene ring substituents is 1. The summed E-state index contributed by atoms with van der Waals surface area (Å²) in [5.74, 6) is 1.90. The molecule has 4 rings (SSSR count). The van der Waals surface area contributed by atoms with Gasteiger partial charge in [-0.2, -0.15) is 0 Å². The average Bonchev–Trinajstić information content (AvgIpc) is 3.16. The molecule has 2 heterocycles. The number of hydrogen-bond acceptors (Lipinski definition) is 9. The lowest BCUT2D eigenvalue weighted by Gasteiger charge is -2.13. The summed E-state index contributed by atoms with van der Waals surface area (Å²) >= 11 is 9.22. The second kappa shape index (κ2) is 10.7. The van der Waals surface area contributed by atoms with Crippen LogP contribution >= 0.6 is 34.7 Å². The Morgan fingerprint density at radius 2 is 2.15 bits per heavy atom. The monoisotopic (exact) mass is 506 g/mol. The molecule has 1 aliphatic carbocycles. The Hall–Kier alpha value is -2.43. The maximum atomic E-state index is 11.7. The van der Waals surface area contributed by atoms with Gasteiger partial charge in [0.1, 0.15) is 21.5 Å². The minimum atomic E-state index is -0.495. The van der Waals surface area contributed by atoms with Crippen molar-refractivity contribution < 1.29 is 14.5 Å². The molecule has 0 saturated heterocycles. The lowest BCUT2D eigenvalue weighted by Crippen LogP contribution is -2.08. The van der Waals surface area contributed by atoms with Gasteiger partial charge >= 0.3 is 5.97 Å². The van der Waals surface area contributed by atoms with Gasteiger partial charge in [-0.25, -0.2) is 9.97 Å². The zero-order valence-electron chi connectivity index (χ0n) is 18.1. The van der Waals surface area contributed by atoms with Crippen molar-refractivity contribution in [1.29, 1.82) is 0 Å². The summed E-state index contributed by atoms with van der Waals surface area (Å²) < 4.78 is 4.99. The minimum absolute atomic E-state index is 0.108. The summed E-state index contributed by atoms with van der Waals surface area (Å²) in [6, 6.07) is 4.71. The van der Waals surface area contributed by atoms with E-state index in [9.17, 15) is 14.9 Å². The number of carbonyl (C=O) groups excluding carboxylic acids is 1. The number of ether oxygens (including phenoxy) is 1. The largest absolute Gasteiger partial charge is 0.465 e. The zero-order valence-corrected chi connectivity index (χ0v) is 20.4. The van der Waals surface area contributed by atoms with Crippen molar-refractivity contribution in [2.45, 2.75) is 44.9 Å². The van der Waals surface area contributed by atoms with Crippen LogP contribution in [0, 0.1) is 10.1 Å². The first-order valence-electron chi connectivity index (χ1n) is 10.7. The lowest BCUT2D eigenvalue weighted by atomic mass is 9.97. The van der Waals surface area contributed by atoms with E-state index in [0.717, 1.165) is 40.9 Å². The molecule has 0 spiro atoms. The molecule has 2 aromatic heterocycles. The molecule has 0 aliphatic heterocycles. The minimum Gasteiger partial charge on any atom is -0.465 e. The van der Waals surface area contributed by atoms with E-state index in [2.05, 4.69) is 5.32 Å². The van der Waals surface area contributed by atoms with E-state index >= 15 is 0 Å². The summed E-state index contributed by atoms with van der Waals surface area (Å²) in [4.78, 5) is 34.1. The van der Waals surface area contributed by atoms with Crippen molar-refractivity contribution in [2.24, 2.45) is 0 Å². The van der Waals surface area contributed by atoms with Crippen LogP contribution in [0.2, 0.25) is 5.02 Å². The molecule has 1 N–H and O–H groups in total. The van der Waals surface area contributed by atoms with Crippen LogP contribution in [0.15, 0.2) is 18.2 Å². The van der Waals surface area contributed by atoms with Gasteiger partial charge in [0, 0.05) is 17.5 Å². The van der Waals surface area contributed by atoms with E-state index in [4.69, 9.17) is 26.3 Å². The highest BCUT2D eigenvalue weighted by molar-refractivity contribution is 7.99. The lowest BCUT2D eigenvalue weighted by molar-refractivity contribution is -0.384. The third kappa shape index (κ3) is 5.56. The Morgan fingerprint density at radius 1 is 1.33 bits per heavy atom. The van der Waals surface area contributed by atoms with Crippen molar-refractivity contribution in [3.05, 3.63) is 55.2 Å². The van der Waals surface area contributed by atoms with Gasteiger partial charge in [-0.05, 0) is 49.8 Å². The SMILES string of the molecule is CCOC(=O)CSCc1nc(NCc2ccc([N+](=O)[O-])c(Cl)c2)c2c3c(sc2n1)CCCC3. The first kappa shape index (κ1) is 23.7. The van der Waals surface area contributed by atoms with Crippen LogP contribution < -0.4 is 5.32 Å². The van der Waals surface area contributed by atoms with Crippen molar-refractivity contribution >= 4 is 62.4 Å². The molecule has 174 valence electrons. The molecule has 3 aromatic rings. The number of hydrogen-bond donors (Lipinski definition) is 1. The van der Waals surface area contributed by atoms with Crippen molar-refractivity contribution in [2.75, 3.05) is 17.7 Å². The van der Waals surface area contributed by atoms with Crippen LogP contribution in [0.5, 0.6) is 0 Å². The highest BCUT2D eigenvalue weighted by Crippen LogP contribution is 2.39. The molecule has 11 heteroatoms. The Labute approximate surface area is 204 Å². The van der Waals surface area contributed by atoms with E-state index in [-0.39, 0.29) is 22.4 Å². The number of aryl methyl sites for hydroxylation is 2. The maximum absolute atomic E-state index is 11.7. The van der Waals surface area contributed by atoms with Crippen molar-refractivity contribution in [3.63, 3.8) is 0 Å². The number of thiophene rings is 1. The number of nitrogens with one attached hydrogen (secondary N) is 1. The molecule has 0 atom stereocenters. The van der Waals surface area contributed by atoms with Gasteiger partial charge in [-0.15, -0.1) is 23.1 Å². The summed E-state index contributed by atoms with van der Waals surface area (Å²) in [6.45, 7) is 2.57. The molecule has 0 amide bonds. The van der Waals surface area contributed by atoms with E-state index in [1.54, 1.807) is 30.4 Å². The third-order valence-electron chi connectivity index (χ3n) is 5.29. The number of thioether (sulfide) groups is 1. The molecule has 0 unspecified atom stereocenters. The van der Waals surface area contributed by atoms with Crippen LogP contribution in [0.4, 0.5) is 11.5 Å². The third-order valence-corrected chi connectivity index (χ3v) is 7.68. The second-order valence-corrected chi connectivity index (χ2v) is 10.1. The molecule has 0 bridgehead atoms. The smallest absolute Gasteiger partial charge is 0.315 e. The molecule has 1 aromatic carbocycles. The summed E-state index contributed by atoms with van der Waals surface area (Å²) in [5, 5.41) is 15.6. The predicted molar refractivity (Wildman–Crippen MR) is 132 cm³/mol. The van der Waals surface area contributed by atoms with Gasteiger partial charge < -0.3 is 10.1 Å². The van der Waals surface area contributed by atoms with Crippen molar-refractivity contribution in [3.8, 4) is 0 Å². The number of esters is 1. The van der Waals surface area contributed by atoms with Crippen LogP contribution in [0.3, 0.4) is 0 Å². The second-order valence-electron chi connectivity index (χ2n) is 7.57. The Balaban J connectivity index is 1.59. The fourth-order valence-corrected chi connectivity index (χ4v) is 6.03. The first-order valence-corrected chi connectivity index (χ1v) is 13.0. The van der Waals surface area contributed by atoms with Crippen molar-refractivity contribution in [1.82, 2.24) is 9.97 Å². The van der Waals surface area contributed by atoms with Gasteiger partial charge in [0.2, 0.25) is 0 Å². The van der Waals surface area contributed by atoms with E-state index in [1.807, 2.05) is 0 Å². The van der Waals surface area contributed by atoms with Crippen LogP contribution in [-0.4, -0.2) is 33.2 Å². The fourth-order valence-electron chi connectivity index (χ4n) is 3.82. The fraction of sp³-hybridized carbons (Fsp3) is 0.409. The van der Waals surface area contributed by atoms with Crippen LogP contribution in [0.1, 0.15) is 41.6 Å².